The van der Waals surface area contributed by atoms with Crippen molar-refractivity contribution in [3.8, 4) is 73.6 Å². The van der Waals surface area contributed by atoms with Gasteiger partial charge in [0.05, 0.1) is 5.69 Å². The van der Waals surface area contributed by atoms with Gasteiger partial charge in [-0.05, 0) is 57.7 Å². The first-order valence-corrected chi connectivity index (χ1v) is 14.4. The second-order valence-corrected chi connectivity index (χ2v) is 10.5. The third-order valence-corrected chi connectivity index (χ3v) is 7.76. The van der Waals surface area contributed by atoms with Crippen LogP contribution in [0, 0.1) is 0 Å². The minimum atomic E-state index is -1.06. The fourth-order valence-electron chi connectivity index (χ4n) is 5.46. The number of aromatic hydroxyl groups is 5. The number of hydrogen-bond donors (Lipinski definition) is 5. The Hall–Kier alpha value is -6.41. The topological polar surface area (TPSA) is 139 Å². The molecule has 1 heterocycles. The molecule has 0 atom stereocenters. The van der Waals surface area contributed by atoms with Gasteiger partial charge < -0.3 is 25.5 Å². The van der Waals surface area contributed by atoms with Crippen molar-refractivity contribution in [3.63, 3.8) is 0 Å². The number of allylic oxidation sites excluding steroid dienone is 2. The van der Waals surface area contributed by atoms with E-state index < -0.39 is 34.3 Å². The Morgan fingerprint density at radius 3 is 2.07 bits per heavy atom. The largest absolute Gasteiger partial charge is 0.504 e. The van der Waals surface area contributed by atoms with E-state index in [9.17, 15) is 25.5 Å². The molecule has 0 saturated carbocycles. The number of aliphatic imine (C=N–C) groups is 1. The molecule has 0 aliphatic heterocycles. The van der Waals surface area contributed by atoms with Gasteiger partial charge in [0, 0.05) is 29.7 Å². The number of aromatic nitrogens is 2. The van der Waals surface area contributed by atoms with Crippen molar-refractivity contribution >= 4 is 22.6 Å². The van der Waals surface area contributed by atoms with E-state index in [0.29, 0.717) is 16.8 Å². The quantitative estimate of drug-likeness (QED) is 0.0697. The van der Waals surface area contributed by atoms with E-state index in [4.69, 9.17) is 4.98 Å². The average molecular weight is 608 g/mol. The zero-order valence-corrected chi connectivity index (χ0v) is 24.8. The normalized spacial score (nSPS) is 11.7. The molecular formula is C38H29N3O5. The van der Waals surface area contributed by atoms with Crippen LogP contribution in [0.5, 0.6) is 28.7 Å². The summed E-state index contributed by atoms with van der Waals surface area (Å²) >= 11 is 0. The molecule has 5 N–H and O–H groups in total. The van der Waals surface area contributed by atoms with Gasteiger partial charge in [0.25, 0.3) is 0 Å². The number of benzene rings is 5. The van der Waals surface area contributed by atoms with Gasteiger partial charge in [-0.1, -0.05) is 91.5 Å². The Morgan fingerprint density at radius 2 is 1.33 bits per heavy atom. The smallest absolute Gasteiger partial charge is 0.208 e. The van der Waals surface area contributed by atoms with Crippen LogP contribution in [0.15, 0.2) is 121 Å². The molecule has 46 heavy (non-hydrogen) atoms. The lowest BCUT2D eigenvalue weighted by Crippen LogP contribution is -1.98. The van der Waals surface area contributed by atoms with Crippen molar-refractivity contribution < 1.29 is 25.5 Å². The molecule has 0 aliphatic carbocycles. The van der Waals surface area contributed by atoms with Crippen molar-refractivity contribution in [3.05, 3.63) is 122 Å². The number of phenols is 5. The van der Waals surface area contributed by atoms with Crippen LogP contribution in [-0.4, -0.2) is 41.7 Å². The highest BCUT2D eigenvalue weighted by atomic mass is 16.4. The second-order valence-electron chi connectivity index (χ2n) is 10.5. The van der Waals surface area contributed by atoms with Gasteiger partial charge in [0.15, 0.2) is 17.3 Å². The minimum absolute atomic E-state index is 0.182. The predicted octanol–water partition coefficient (Wildman–Crippen LogP) is 8.44. The molecule has 6 aromatic rings. The third-order valence-electron chi connectivity index (χ3n) is 7.76. The van der Waals surface area contributed by atoms with Crippen molar-refractivity contribution in [1.82, 2.24) is 9.97 Å². The van der Waals surface area contributed by atoms with Crippen molar-refractivity contribution in [2.75, 3.05) is 0 Å². The van der Waals surface area contributed by atoms with Gasteiger partial charge in [-0.15, -0.1) is 0 Å². The van der Waals surface area contributed by atoms with E-state index in [2.05, 4.69) is 40.8 Å². The molecule has 226 valence electrons. The van der Waals surface area contributed by atoms with E-state index in [0.717, 1.165) is 38.6 Å². The van der Waals surface area contributed by atoms with Gasteiger partial charge in [-0.25, -0.2) is 9.97 Å². The molecule has 0 amide bonds. The lowest BCUT2D eigenvalue weighted by molar-refractivity contribution is 0.329. The fraction of sp³-hybridized carbons (Fsp3) is 0.0263. The first kappa shape index (κ1) is 29.7. The lowest BCUT2D eigenvalue weighted by Gasteiger charge is -2.16. The molecule has 0 unspecified atom stereocenters. The Morgan fingerprint density at radius 1 is 0.696 bits per heavy atom. The second kappa shape index (κ2) is 12.3. The van der Waals surface area contributed by atoms with Crippen molar-refractivity contribution in [2.45, 2.75) is 6.92 Å². The van der Waals surface area contributed by atoms with Gasteiger partial charge in [-0.3, -0.25) is 4.99 Å². The van der Waals surface area contributed by atoms with Gasteiger partial charge in [0.2, 0.25) is 17.2 Å². The highest BCUT2D eigenvalue weighted by molar-refractivity contribution is 6.10. The fourth-order valence-corrected chi connectivity index (χ4v) is 5.46. The molecule has 0 aliphatic rings. The maximum absolute atomic E-state index is 10.7. The molecule has 5 aromatic carbocycles. The standard InChI is InChI=1S/C38H29N3O5/c1-3-22(20-39-4-2)24-12-7-14-26(18-24)30-21-40-38(31-33(42)35(44)37(46)36(45)34(31)43)41-32(30)27-15-8-13-25(19-27)29-17-9-11-23-10-5-6-16-28(23)29/h3-21,42-46H,2H2,1H3/b22-3+,39-20?. The van der Waals surface area contributed by atoms with Gasteiger partial charge in [-0.2, -0.15) is 0 Å². The highest BCUT2D eigenvalue weighted by Crippen LogP contribution is 2.54. The first-order valence-electron chi connectivity index (χ1n) is 14.4. The maximum atomic E-state index is 10.7. The van der Waals surface area contributed by atoms with Crippen molar-refractivity contribution in [1.29, 1.82) is 0 Å². The highest BCUT2D eigenvalue weighted by Gasteiger charge is 2.27. The molecule has 8 nitrogen and oxygen atoms in total. The molecule has 0 bridgehead atoms. The molecule has 0 saturated heterocycles. The Kier molecular flexibility index (Phi) is 7.93. The molecular weight excluding hydrogens is 578 g/mol. The summed E-state index contributed by atoms with van der Waals surface area (Å²) in [4.78, 5) is 13.4. The molecule has 8 heteroatoms. The summed E-state index contributed by atoms with van der Waals surface area (Å²) in [7, 11) is 0. The summed E-state index contributed by atoms with van der Waals surface area (Å²) in [5.74, 6) is -5.02. The van der Waals surface area contributed by atoms with Gasteiger partial charge in [0.1, 0.15) is 5.56 Å². The molecule has 6 rings (SSSR count). The minimum Gasteiger partial charge on any atom is -0.504 e. The van der Waals surface area contributed by atoms with Crippen LogP contribution in [0.4, 0.5) is 0 Å². The van der Waals surface area contributed by atoms with E-state index in [1.54, 1.807) is 12.4 Å². The summed E-state index contributed by atoms with van der Waals surface area (Å²) in [6.45, 7) is 5.57. The summed E-state index contributed by atoms with van der Waals surface area (Å²) in [5, 5.41) is 54.0. The number of phenolic OH excluding ortho intramolecular Hbond substituents is 5. The number of hydrogen-bond acceptors (Lipinski definition) is 8. The van der Waals surface area contributed by atoms with Crippen LogP contribution in [0.25, 0.3) is 61.2 Å². The Labute approximate surface area is 264 Å². The Bertz CT molecular complexity index is 2170. The first-order chi connectivity index (χ1) is 22.3. The summed E-state index contributed by atoms with van der Waals surface area (Å²) in [6.07, 6.45) is 6.67. The van der Waals surface area contributed by atoms with E-state index >= 15 is 0 Å². The number of rotatable bonds is 7. The van der Waals surface area contributed by atoms with Gasteiger partial charge >= 0.3 is 0 Å². The summed E-state index contributed by atoms with van der Waals surface area (Å²) in [6, 6.07) is 29.9. The average Bonchev–Trinajstić information content (AvgIpc) is 3.10. The van der Waals surface area contributed by atoms with Crippen LogP contribution < -0.4 is 0 Å². The lowest BCUT2D eigenvalue weighted by atomic mass is 9.93. The van der Waals surface area contributed by atoms with Crippen LogP contribution in [0.1, 0.15) is 12.5 Å². The third kappa shape index (κ3) is 5.28. The van der Waals surface area contributed by atoms with Crippen LogP contribution in [0.2, 0.25) is 0 Å². The van der Waals surface area contributed by atoms with E-state index in [1.807, 2.05) is 79.7 Å². The zero-order chi connectivity index (χ0) is 32.4. The monoisotopic (exact) mass is 607 g/mol. The maximum Gasteiger partial charge on any atom is 0.208 e. The summed E-state index contributed by atoms with van der Waals surface area (Å²) in [5.41, 5.74) is 5.90. The molecule has 0 spiro atoms. The Balaban J connectivity index is 1.59. The number of nitrogens with zero attached hydrogens (tertiary/aromatic N) is 3. The zero-order valence-electron chi connectivity index (χ0n) is 24.8. The molecule has 0 fully saturated rings. The molecule has 1 aromatic heterocycles. The van der Waals surface area contributed by atoms with Crippen LogP contribution in [-0.2, 0) is 0 Å². The van der Waals surface area contributed by atoms with E-state index in [-0.39, 0.29) is 5.82 Å². The van der Waals surface area contributed by atoms with Crippen molar-refractivity contribution in [2.24, 2.45) is 4.99 Å². The SMILES string of the molecule is C=CN=C/C(=C\C)c1cccc(-c2cnc(-c3c(O)c(O)c(O)c(O)c3O)nc2-c2cccc(-c3cccc4ccccc34)c2)c1. The van der Waals surface area contributed by atoms with Crippen LogP contribution >= 0.6 is 0 Å². The predicted molar refractivity (Wildman–Crippen MR) is 182 cm³/mol. The summed E-state index contributed by atoms with van der Waals surface area (Å²) < 4.78 is 0. The van der Waals surface area contributed by atoms with Crippen LogP contribution in [0.3, 0.4) is 0 Å². The molecule has 0 radical (unpaired) electrons. The number of fused-ring (bicyclic) bond motifs is 1. The van der Waals surface area contributed by atoms with E-state index in [1.165, 1.54) is 6.20 Å².